The second kappa shape index (κ2) is 6.68. The van der Waals surface area contributed by atoms with Crippen molar-refractivity contribution in [2.45, 2.75) is 18.1 Å². The molecule has 2 aromatic rings. The van der Waals surface area contributed by atoms with Crippen molar-refractivity contribution in [3.8, 4) is 0 Å². The minimum atomic E-state index is -0.670. The van der Waals surface area contributed by atoms with Crippen LogP contribution in [0.25, 0.3) is 0 Å². The number of anilines is 1. The van der Waals surface area contributed by atoms with E-state index in [9.17, 15) is 14.0 Å². The third-order valence-electron chi connectivity index (χ3n) is 5.88. The van der Waals surface area contributed by atoms with Crippen LogP contribution >= 0.6 is 0 Å². The Labute approximate surface area is 166 Å². The number of fused-ring (bicyclic) bond motifs is 2. The molecular formula is C20H20FN5O3. The van der Waals surface area contributed by atoms with Crippen LogP contribution in [0.5, 0.6) is 0 Å². The molecule has 0 bridgehead atoms. The molecule has 8 nitrogen and oxygen atoms in total. The molecule has 1 unspecified atom stereocenters. The minimum Gasteiger partial charge on any atom is -0.437 e. The first-order valence-electron chi connectivity index (χ1n) is 9.58. The highest BCUT2D eigenvalue weighted by Crippen LogP contribution is 2.41. The third-order valence-corrected chi connectivity index (χ3v) is 5.88. The van der Waals surface area contributed by atoms with Gasteiger partial charge in [0, 0.05) is 31.5 Å². The Balaban J connectivity index is 1.28. The predicted octanol–water partition coefficient (Wildman–Crippen LogP) is 1.08. The van der Waals surface area contributed by atoms with E-state index in [-0.39, 0.29) is 24.5 Å². The van der Waals surface area contributed by atoms with E-state index in [1.807, 2.05) is 23.1 Å². The molecule has 1 spiro atoms. The summed E-state index contributed by atoms with van der Waals surface area (Å²) in [5, 5.41) is 0. The van der Waals surface area contributed by atoms with Crippen LogP contribution < -0.4 is 4.90 Å². The summed E-state index contributed by atoms with van der Waals surface area (Å²) in [5.74, 6) is 0.247. The van der Waals surface area contributed by atoms with Gasteiger partial charge in [-0.1, -0.05) is 6.07 Å². The summed E-state index contributed by atoms with van der Waals surface area (Å²) in [6.07, 6.45) is 2.75. The Hall–Kier alpha value is -3.23. The summed E-state index contributed by atoms with van der Waals surface area (Å²) in [6, 6.07) is 8.28. The lowest BCUT2D eigenvalue weighted by molar-refractivity contribution is -0.133. The van der Waals surface area contributed by atoms with E-state index < -0.39 is 11.4 Å². The zero-order valence-electron chi connectivity index (χ0n) is 15.7. The monoisotopic (exact) mass is 397 g/mol. The largest absolute Gasteiger partial charge is 0.437 e. The molecule has 3 fully saturated rings. The van der Waals surface area contributed by atoms with Gasteiger partial charge in [-0.15, -0.1) is 0 Å². The van der Waals surface area contributed by atoms with Crippen LogP contribution in [0.3, 0.4) is 0 Å². The van der Waals surface area contributed by atoms with E-state index in [2.05, 4.69) is 9.97 Å². The maximum absolute atomic E-state index is 13.1. The molecule has 0 aromatic carbocycles. The molecule has 3 aliphatic rings. The van der Waals surface area contributed by atoms with Gasteiger partial charge in [0.2, 0.25) is 5.91 Å². The normalized spacial score (nSPS) is 22.3. The van der Waals surface area contributed by atoms with Crippen LogP contribution in [0.1, 0.15) is 5.69 Å². The molecule has 29 heavy (non-hydrogen) atoms. The summed E-state index contributed by atoms with van der Waals surface area (Å²) in [6.45, 7) is 2.31. The van der Waals surface area contributed by atoms with Gasteiger partial charge in [-0.05, 0) is 24.3 Å². The first kappa shape index (κ1) is 17.8. The summed E-state index contributed by atoms with van der Waals surface area (Å²) in [7, 11) is 0. The minimum absolute atomic E-state index is 0.00534. The molecule has 150 valence electrons. The maximum Gasteiger partial charge on any atom is 0.411 e. The quantitative estimate of drug-likeness (QED) is 0.771. The van der Waals surface area contributed by atoms with E-state index in [1.165, 1.54) is 12.3 Å². The number of carbonyl (C=O) groups excluding carboxylic acids is 2. The van der Waals surface area contributed by atoms with Gasteiger partial charge in [0.15, 0.2) is 5.60 Å². The lowest BCUT2D eigenvalue weighted by atomic mass is 9.84. The number of rotatable bonds is 3. The molecule has 0 radical (unpaired) electrons. The number of hydrogen-bond donors (Lipinski definition) is 0. The molecule has 2 amide bonds. The van der Waals surface area contributed by atoms with E-state index >= 15 is 0 Å². The SMILES string of the molecule is O=C(Cc1ccccn1)N1CCN2C(=O)OC3(CN(c4ccc(F)cn4)C3)C2C1. The van der Waals surface area contributed by atoms with Gasteiger partial charge in [-0.3, -0.25) is 14.7 Å². The van der Waals surface area contributed by atoms with Gasteiger partial charge >= 0.3 is 6.09 Å². The van der Waals surface area contributed by atoms with Gasteiger partial charge in [-0.2, -0.15) is 0 Å². The molecule has 0 aliphatic carbocycles. The summed E-state index contributed by atoms with van der Waals surface area (Å²) in [4.78, 5) is 38.9. The highest BCUT2D eigenvalue weighted by molar-refractivity contribution is 5.79. The number of ether oxygens (including phenoxy) is 1. The standard InChI is InChI=1S/C20H20FN5O3/c21-14-4-5-17(23-10-14)25-12-20(13-25)16-11-24(7-8-26(16)19(28)29-20)18(27)9-15-3-1-2-6-22-15/h1-6,10,16H,7-9,11-13H2. The van der Waals surface area contributed by atoms with Crippen molar-refractivity contribution in [1.82, 2.24) is 19.8 Å². The van der Waals surface area contributed by atoms with Crippen molar-refractivity contribution in [2.75, 3.05) is 37.6 Å². The van der Waals surface area contributed by atoms with Crippen molar-refractivity contribution in [3.63, 3.8) is 0 Å². The fraction of sp³-hybridized carbons (Fsp3) is 0.400. The van der Waals surface area contributed by atoms with Gasteiger partial charge in [0.1, 0.15) is 11.6 Å². The van der Waals surface area contributed by atoms with Crippen LogP contribution in [0.4, 0.5) is 15.0 Å². The lowest BCUT2D eigenvalue weighted by Gasteiger charge is -2.51. The number of carbonyl (C=O) groups is 2. The Morgan fingerprint density at radius 3 is 2.79 bits per heavy atom. The van der Waals surface area contributed by atoms with Crippen LogP contribution in [-0.4, -0.2) is 76.1 Å². The Morgan fingerprint density at radius 1 is 1.21 bits per heavy atom. The lowest BCUT2D eigenvalue weighted by Crippen LogP contribution is -2.71. The Bertz CT molecular complexity index is 933. The molecule has 3 aliphatic heterocycles. The molecule has 5 rings (SSSR count). The molecule has 0 saturated carbocycles. The predicted molar refractivity (Wildman–Crippen MR) is 101 cm³/mol. The van der Waals surface area contributed by atoms with E-state index in [4.69, 9.17) is 4.74 Å². The highest BCUT2D eigenvalue weighted by atomic mass is 19.1. The fourth-order valence-electron chi connectivity index (χ4n) is 4.34. The fourth-order valence-corrected chi connectivity index (χ4v) is 4.34. The topological polar surface area (TPSA) is 78.9 Å². The first-order chi connectivity index (χ1) is 14.0. The molecular weight excluding hydrogens is 377 g/mol. The van der Waals surface area contributed by atoms with Crippen molar-refractivity contribution < 1.29 is 18.7 Å². The van der Waals surface area contributed by atoms with Crippen molar-refractivity contribution in [2.24, 2.45) is 0 Å². The average molecular weight is 397 g/mol. The van der Waals surface area contributed by atoms with Gasteiger partial charge in [0.05, 0.1) is 31.7 Å². The van der Waals surface area contributed by atoms with Crippen LogP contribution in [0, 0.1) is 5.82 Å². The molecule has 3 saturated heterocycles. The molecule has 5 heterocycles. The van der Waals surface area contributed by atoms with Crippen LogP contribution in [-0.2, 0) is 16.0 Å². The Kier molecular flexibility index (Phi) is 4.11. The summed E-state index contributed by atoms with van der Waals surface area (Å²) >= 11 is 0. The highest BCUT2D eigenvalue weighted by Gasteiger charge is 2.62. The number of amides is 2. The molecule has 2 aromatic heterocycles. The van der Waals surface area contributed by atoms with Crippen LogP contribution in [0.15, 0.2) is 42.7 Å². The molecule has 9 heteroatoms. The Morgan fingerprint density at radius 2 is 2.07 bits per heavy atom. The summed E-state index contributed by atoms with van der Waals surface area (Å²) < 4.78 is 18.9. The maximum atomic E-state index is 13.1. The first-order valence-corrected chi connectivity index (χ1v) is 9.58. The smallest absolute Gasteiger partial charge is 0.411 e. The number of pyridine rings is 2. The van der Waals surface area contributed by atoms with Crippen molar-refractivity contribution in [1.29, 1.82) is 0 Å². The third kappa shape index (κ3) is 3.06. The van der Waals surface area contributed by atoms with Gasteiger partial charge in [0.25, 0.3) is 0 Å². The van der Waals surface area contributed by atoms with E-state index in [0.29, 0.717) is 38.5 Å². The van der Waals surface area contributed by atoms with Crippen molar-refractivity contribution >= 4 is 17.8 Å². The number of halogens is 1. The zero-order chi connectivity index (χ0) is 20.0. The second-order valence-corrected chi connectivity index (χ2v) is 7.67. The average Bonchev–Trinajstić information content (AvgIpc) is 3.01. The van der Waals surface area contributed by atoms with E-state index in [0.717, 1.165) is 5.69 Å². The molecule has 0 N–H and O–H groups in total. The van der Waals surface area contributed by atoms with E-state index in [1.54, 1.807) is 22.1 Å². The van der Waals surface area contributed by atoms with Crippen molar-refractivity contribution in [3.05, 3.63) is 54.2 Å². The van der Waals surface area contributed by atoms with Gasteiger partial charge in [-0.25, -0.2) is 14.2 Å². The molecule has 1 atom stereocenters. The zero-order valence-corrected chi connectivity index (χ0v) is 15.7. The number of aromatic nitrogens is 2. The van der Waals surface area contributed by atoms with Crippen LogP contribution in [0.2, 0.25) is 0 Å². The van der Waals surface area contributed by atoms with Gasteiger partial charge < -0.3 is 14.5 Å². The number of hydrogen-bond acceptors (Lipinski definition) is 6. The summed E-state index contributed by atoms with van der Waals surface area (Å²) in [5.41, 5.74) is 0.0579. The number of nitrogens with zero attached hydrogens (tertiary/aromatic N) is 5. The second-order valence-electron chi connectivity index (χ2n) is 7.67. The number of piperazine rings is 1.